The Morgan fingerprint density at radius 1 is 1.00 bits per heavy atom. The van der Waals surface area contributed by atoms with Gasteiger partial charge in [0.1, 0.15) is 30.3 Å². The van der Waals surface area contributed by atoms with Crippen molar-refractivity contribution >= 4 is 5.97 Å². The molecular weight excluding hydrogens is 268 g/mol. The number of hydrogen-bond donors (Lipinski definition) is 1. The van der Waals surface area contributed by atoms with Crippen molar-refractivity contribution in [2.24, 2.45) is 0 Å². The van der Waals surface area contributed by atoms with Crippen LogP contribution in [0.5, 0.6) is 11.5 Å². The third-order valence-corrected chi connectivity index (χ3v) is 3.06. The zero-order chi connectivity index (χ0) is 15.2. The first kappa shape index (κ1) is 14.9. The van der Waals surface area contributed by atoms with Gasteiger partial charge in [-0.1, -0.05) is 29.8 Å². The van der Waals surface area contributed by atoms with E-state index in [1.54, 1.807) is 12.1 Å². The van der Waals surface area contributed by atoms with Gasteiger partial charge in [0.05, 0.1) is 0 Å². The smallest absolute Gasteiger partial charge is 0.339 e. The number of para-hydroxylation sites is 1. The van der Waals surface area contributed by atoms with Gasteiger partial charge in [0.2, 0.25) is 0 Å². The molecule has 0 aliphatic rings. The molecule has 4 heteroatoms. The van der Waals surface area contributed by atoms with Gasteiger partial charge in [-0.3, -0.25) is 0 Å². The molecule has 0 amide bonds. The number of carboxylic acids is 1. The molecule has 0 heterocycles. The fraction of sp³-hybridized carbons (Fsp3) is 0.235. The van der Waals surface area contributed by atoms with E-state index in [2.05, 4.69) is 0 Å². The molecule has 2 aromatic carbocycles. The predicted octanol–water partition coefficient (Wildman–Crippen LogP) is 3.46. The van der Waals surface area contributed by atoms with Crippen molar-refractivity contribution in [1.29, 1.82) is 0 Å². The van der Waals surface area contributed by atoms with Crippen LogP contribution >= 0.6 is 0 Å². The maximum atomic E-state index is 11.2. The Balaban J connectivity index is 1.92. The molecular formula is C17H18O4. The van der Waals surface area contributed by atoms with E-state index >= 15 is 0 Å². The maximum Gasteiger partial charge on any atom is 0.339 e. The fourth-order valence-electron chi connectivity index (χ4n) is 1.96. The summed E-state index contributed by atoms with van der Waals surface area (Å²) < 4.78 is 11.1. The highest BCUT2D eigenvalue weighted by atomic mass is 16.5. The third-order valence-electron chi connectivity index (χ3n) is 3.06. The second-order valence-electron chi connectivity index (χ2n) is 4.77. The number of rotatable bonds is 6. The molecule has 0 aromatic heterocycles. The van der Waals surface area contributed by atoms with Crippen LogP contribution in [0.25, 0.3) is 0 Å². The van der Waals surface area contributed by atoms with Crippen molar-refractivity contribution in [3.8, 4) is 11.5 Å². The zero-order valence-electron chi connectivity index (χ0n) is 12.1. The van der Waals surface area contributed by atoms with Crippen LogP contribution in [0.4, 0.5) is 0 Å². The molecule has 110 valence electrons. The molecule has 0 spiro atoms. The van der Waals surface area contributed by atoms with E-state index in [0.717, 1.165) is 16.9 Å². The van der Waals surface area contributed by atoms with Gasteiger partial charge in [-0.25, -0.2) is 4.79 Å². The Morgan fingerprint density at radius 3 is 2.33 bits per heavy atom. The molecule has 0 aliphatic carbocycles. The lowest BCUT2D eigenvalue weighted by atomic mass is 10.1. The van der Waals surface area contributed by atoms with E-state index in [9.17, 15) is 4.79 Å². The lowest BCUT2D eigenvalue weighted by Crippen LogP contribution is -2.11. The summed E-state index contributed by atoms with van der Waals surface area (Å²) in [5, 5.41) is 9.15. The Labute approximate surface area is 123 Å². The summed E-state index contributed by atoms with van der Waals surface area (Å²) >= 11 is 0. The minimum absolute atomic E-state index is 0.172. The third kappa shape index (κ3) is 3.99. The van der Waals surface area contributed by atoms with E-state index in [4.69, 9.17) is 14.6 Å². The van der Waals surface area contributed by atoms with Gasteiger partial charge in [-0.2, -0.15) is 0 Å². The largest absolute Gasteiger partial charge is 0.490 e. The lowest BCUT2D eigenvalue weighted by molar-refractivity contribution is 0.0691. The first-order valence-electron chi connectivity index (χ1n) is 6.73. The van der Waals surface area contributed by atoms with Crippen molar-refractivity contribution in [3.63, 3.8) is 0 Å². The minimum atomic E-state index is -0.992. The average molecular weight is 286 g/mol. The van der Waals surface area contributed by atoms with Gasteiger partial charge in [-0.15, -0.1) is 0 Å². The highest BCUT2D eigenvalue weighted by Crippen LogP contribution is 2.20. The minimum Gasteiger partial charge on any atom is -0.490 e. The molecule has 21 heavy (non-hydrogen) atoms. The summed E-state index contributed by atoms with van der Waals surface area (Å²) in [7, 11) is 0. The Hall–Kier alpha value is -2.49. The molecule has 2 rings (SSSR count). The molecule has 1 N–H and O–H groups in total. The number of aryl methyl sites for hydroxylation is 2. The topological polar surface area (TPSA) is 55.8 Å². The first-order valence-corrected chi connectivity index (χ1v) is 6.73. The summed E-state index contributed by atoms with van der Waals surface area (Å²) in [6.45, 7) is 4.46. The van der Waals surface area contributed by atoms with Crippen molar-refractivity contribution < 1.29 is 19.4 Å². The van der Waals surface area contributed by atoms with Gasteiger partial charge in [0.15, 0.2) is 0 Å². The number of aromatic carboxylic acids is 1. The molecule has 0 atom stereocenters. The lowest BCUT2D eigenvalue weighted by Gasteiger charge is -2.12. The summed E-state index contributed by atoms with van der Waals surface area (Å²) in [5.41, 5.74) is 2.11. The molecule has 0 unspecified atom stereocenters. The number of carbonyl (C=O) groups is 1. The molecule has 2 aromatic rings. The fourth-order valence-corrected chi connectivity index (χ4v) is 1.96. The van der Waals surface area contributed by atoms with E-state index in [1.165, 1.54) is 0 Å². The molecule has 0 fully saturated rings. The predicted molar refractivity (Wildman–Crippen MR) is 80.3 cm³/mol. The molecule has 0 radical (unpaired) electrons. The second kappa shape index (κ2) is 6.79. The van der Waals surface area contributed by atoms with Crippen LogP contribution in [0.15, 0.2) is 42.5 Å². The van der Waals surface area contributed by atoms with E-state index in [0.29, 0.717) is 12.4 Å². The number of carboxylic acid groups (broad SMARTS) is 1. The molecule has 0 bridgehead atoms. The second-order valence-corrected chi connectivity index (χ2v) is 4.77. The van der Waals surface area contributed by atoms with Crippen molar-refractivity contribution in [3.05, 3.63) is 59.2 Å². The molecule has 0 saturated heterocycles. The van der Waals surface area contributed by atoms with Crippen molar-refractivity contribution in [1.82, 2.24) is 0 Å². The van der Waals surface area contributed by atoms with E-state index in [1.807, 2.05) is 44.2 Å². The monoisotopic (exact) mass is 286 g/mol. The van der Waals surface area contributed by atoms with Gasteiger partial charge >= 0.3 is 5.97 Å². The van der Waals surface area contributed by atoms with Gasteiger partial charge in [0, 0.05) is 0 Å². The quantitative estimate of drug-likeness (QED) is 0.826. The van der Waals surface area contributed by atoms with E-state index < -0.39 is 5.97 Å². The van der Waals surface area contributed by atoms with Gasteiger partial charge < -0.3 is 14.6 Å². The van der Waals surface area contributed by atoms with Crippen LogP contribution in [0.1, 0.15) is 21.5 Å². The SMILES string of the molecule is Cc1ccc(OCCOc2ccccc2C)c(C(=O)O)c1. The highest BCUT2D eigenvalue weighted by molar-refractivity contribution is 5.91. The summed E-state index contributed by atoms with van der Waals surface area (Å²) in [5.74, 6) is 0.179. The first-order chi connectivity index (χ1) is 10.1. The number of hydrogen-bond acceptors (Lipinski definition) is 3. The normalized spacial score (nSPS) is 10.2. The van der Waals surface area contributed by atoms with Crippen LogP contribution in [0, 0.1) is 13.8 Å². The number of benzene rings is 2. The van der Waals surface area contributed by atoms with Gasteiger partial charge in [-0.05, 0) is 37.6 Å². The summed E-state index contributed by atoms with van der Waals surface area (Å²) in [4.78, 5) is 11.2. The Bertz CT molecular complexity index is 634. The van der Waals surface area contributed by atoms with E-state index in [-0.39, 0.29) is 12.2 Å². The average Bonchev–Trinajstić information content (AvgIpc) is 2.46. The molecule has 4 nitrogen and oxygen atoms in total. The maximum absolute atomic E-state index is 11.2. The van der Waals surface area contributed by atoms with Crippen LogP contribution in [0.3, 0.4) is 0 Å². The zero-order valence-corrected chi connectivity index (χ0v) is 12.1. The Morgan fingerprint density at radius 2 is 1.67 bits per heavy atom. The molecule has 0 aliphatic heterocycles. The van der Waals surface area contributed by atoms with Crippen LogP contribution in [-0.4, -0.2) is 24.3 Å². The molecule has 0 saturated carbocycles. The van der Waals surface area contributed by atoms with Gasteiger partial charge in [0.25, 0.3) is 0 Å². The summed E-state index contributed by atoms with van der Waals surface area (Å²) in [6.07, 6.45) is 0. The highest BCUT2D eigenvalue weighted by Gasteiger charge is 2.11. The standard InChI is InChI=1S/C17H18O4/c1-12-7-8-16(14(11-12)17(18)19)21-10-9-20-15-6-4-3-5-13(15)2/h3-8,11H,9-10H2,1-2H3,(H,18,19). The van der Waals surface area contributed by atoms with Crippen LogP contribution in [-0.2, 0) is 0 Å². The van der Waals surface area contributed by atoms with Crippen LogP contribution in [0.2, 0.25) is 0 Å². The summed E-state index contributed by atoms with van der Waals surface area (Å²) in [6, 6.07) is 12.8. The van der Waals surface area contributed by atoms with Crippen molar-refractivity contribution in [2.45, 2.75) is 13.8 Å². The Kier molecular flexibility index (Phi) is 4.82. The van der Waals surface area contributed by atoms with Crippen molar-refractivity contribution in [2.75, 3.05) is 13.2 Å². The van der Waals surface area contributed by atoms with Crippen LogP contribution < -0.4 is 9.47 Å². The number of ether oxygens (including phenoxy) is 2.